The first-order chi connectivity index (χ1) is 13.4. The molecule has 0 radical (unpaired) electrons. The molecule has 28 heavy (non-hydrogen) atoms. The number of nitrogens with one attached hydrogen (secondary N) is 3. The van der Waals surface area contributed by atoms with E-state index in [-0.39, 0.29) is 16.7 Å². The second kappa shape index (κ2) is 9.93. The highest BCUT2D eigenvalue weighted by atomic mass is 32.1. The fourth-order valence-corrected chi connectivity index (χ4v) is 2.41. The Labute approximate surface area is 166 Å². The van der Waals surface area contributed by atoms with Gasteiger partial charge in [0.25, 0.3) is 11.6 Å². The van der Waals surface area contributed by atoms with Gasteiger partial charge in [-0.15, -0.1) is 0 Å². The highest BCUT2D eigenvalue weighted by molar-refractivity contribution is 7.80. The molecule has 0 saturated carbocycles. The Bertz CT molecular complexity index is 926. The molecule has 0 atom stereocenters. The van der Waals surface area contributed by atoms with Crippen molar-refractivity contribution < 1.29 is 14.5 Å². The van der Waals surface area contributed by atoms with Crippen molar-refractivity contribution in [3.8, 4) is 0 Å². The highest BCUT2D eigenvalue weighted by Crippen LogP contribution is 2.13. The van der Waals surface area contributed by atoms with E-state index in [1.807, 2.05) is 6.92 Å². The normalized spacial score (nSPS) is 10.3. The Morgan fingerprint density at radius 3 is 2.54 bits per heavy atom. The number of nitro benzene ring substituents is 1. The number of amides is 2. The van der Waals surface area contributed by atoms with Crippen LogP contribution >= 0.6 is 12.2 Å². The zero-order chi connectivity index (χ0) is 20.5. The Hall–Kier alpha value is -3.59. The lowest BCUT2D eigenvalue weighted by Gasteiger charge is -2.09. The van der Waals surface area contributed by atoms with Crippen LogP contribution in [-0.4, -0.2) is 28.4 Å². The van der Waals surface area contributed by atoms with Crippen molar-refractivity contribution in [2.24, 2.45) is 0 Å². The summed E-state index contributed by atoms with van der Waals surface area (Å²) in [5.41, 5.74) is 1.64. The Morgan fingerprint density at radius 1 is 1.18 bits per heavy atom. The number of nitro groups is 1. The summed E-state index contributed by atoms with van der Waals surface area (Å²) in [5, 5.41) is 18.7. The molecule has 2 aromatic carbocycles. The minimum absolute atomic E-state index is 0.0261. The fourth-order valence-electron chi connectivity index (χ4n) is 2.20. The van der Waals surface area contributed by atoms with Gasteiger partial charge in [-0.2, -0.15) is 0 Å². The molecule has 0 aliphatic rings. The zero-order valence-corrected chi connectivity index (χ0v) is 15.8. The Balaban J connectivity index is 1.92. The third kappa shape index (κ3) is 6.29. The average molecular weight is 398 g/mol. The average Bonchev–Trinajstić information content (AvgIpc) is 2.67. The molecule has 0 spiro atoms. The first-order valence-corrected chi connectivity index (χ1v) is 8.72. The number of carbonyl (C=O) groups excluding carboxylic acids is 2. The van der Waals surface area contributed by atoms with E-state index in [9.17, 15) is 19.7 Å². The minimum Gasteiger partial charge on any atom is -0.352 e. The fraction of sp³-hybridized carbons (Fsp3) is 0.105. The standard InChI is InChI=1S/C19H18N4O4S/c1-2-20-18(25)14-4-3-5-15(12-14)21-19(28)22-17(24)11-8-13-6-9-16(10-7-13)23(26)27/h3-12H,2H2,1H3,(H,20,25)(H2,21,22,24,28)/b11-8+. The van der Waals surface area contributed by atoms with Crippen LogP contribution in [-0.2, 0) is 4.79 Å². The smallest absolute Gasteiger partial charge is 0.269 e. The van der Waals surface area contributed by atoms with Crippen LogP contribution in [0.2, 0.25) is 0 Å². The van der Waals surface area contributed by atoms with E-state index >= 15 is 0 Å². The third-order valence-electron chi connectivity index (χ3n) is 3.49. The van der Waals surface area contributed by atoms with Crippen LogP contribution in [0.15, 0.2) is 54.6 Å². The molecule has 3 N–H and O–H groups in total. The van der Waals surface area contributed by atoms with Crippen molar-refractivity contribution in [3.05, 3.63) is 75.8 Å². The van der Waals surface area contributed by atoms with Gasteiger partial charge < -0.3 is 10.6 Å². The summed E-state index contributed by atoms with van der Waals surface area (Å²) >= 11 is 5.10. The lowest BCUT2D eigenvalue weighted by atomic mass is 10.2. The van der Waals surface area contributed by atoms with Crippen LogP contribution < -0.4 is 16.0 Å². The van der Waals surface area contributed by atoms with Gasteiger partial charge in [0, 0.05) is 36.0 Å². The maximum Gasteiger partial charge on any atom is 0.269 e. The quantitative estimate of drug-likeness (QED) is 0.298. The first kappa shape index (κ1) is 20.7. The van der Waals surface area contributed by atoms with Crippen LogP contribution in [0.5, 0.6) is 0 Å². The van der Waals surface area contributed by atoms with Crippen molar-refractivity contribution in [1.29, 1.82) is 0 Å². The van der Waals surface area contributed by atoms with Crippen LogP contribution in [0.4, 0.5) is 11.4 Å². The summed E-state index contributed by atoms with van der Waals surface area (Å²) < 4.78 is 0. The summed E-state index contributed by atoms with van der Waals surface area (Å²) in [6, 6.07) is 12.5. The largest absolute Gasteiger partial charge is 0.352 e. The maximum absolute atomic E-state index is 12.0. The third-order valence-corrected chi connectivity index (χ3v) is 3.69. The van der Waals surface area contributed by atoms with Crippen molar-refractivity contribution in [2.75, 3.05) is 11.9 Å². The molecule has 0 aromatic heterocycles. The molecule has 0 bridgehead atoms. The monoisotopic (exact) mass is 398 g/mol. The molecule has 144 valence electrons. The van der Waals surface area contributed by atoms with Crippen LogP contribution in [0, 0.1) is 10.1 Å². The number of thiocarbonyl (C=S) groups is 1. The van der Waals surface area contributed by atoms with Gasteiger partial charge in [-0.25, -0.2) is 0 Å². The van der Waals surface area contributed by atoms with E-state index in [0.717, 1.165) is 0 Å². The van der Waals surface area contributed by atoms with Crippen molar-refractivity contribution in [3.63, 3.8) is 0 Å². The predicted molar refractivity (Wildman–Crippen MR) is 111 cm³/mol. The number of non-ortho nitro benzene ring substituents is 1. The van der Waals surface area contributed by atoms with Crippen LogP contribution in [0.3, 0.4) is 0 Å². The van der Waals surface area contributed by atoms with Gasteiger partial charge >= 0.3 is 0 Å². The van der Waals surface area contributed by atoms with E-state index < -0.39 is 10.8 Å². The summed E-state index contributed by atoms with van der Waals surface area (Å²) in [4.78, 5) is 33.9. The van der Waals surface area contributed by atoms with Gasteiger partial charge in [0.2, 0.25) is 5.91 Å². The predicted octanol–water partition coefficient (Wildman–Crippen LogP) is 2.87. The Kier molecular flexibility index (Phi) is 7.35. The topological polar surface area (TPSA) is 113 Å². The molecule has 2 amide bonds. The number of carbonyl (C=O) groups is 2. The molecule has 2 aromatic rings. The first-order valence-electron chi connectivity index (χ1n) is 8.32. The molecule has 2 rings (SSSR count). The molecule has 9 heteroatoms. The van der Waals surface area contributed by atoms with Gasteiger partial charge in [-0.05, 0) is 61.1 Å². The molecule has 0 aliphatic carbocycles. The van der Waals surface area contributed by atoms with Crippen molar-refractivity contribution in [2.45, 2.75) is 6.92 Å². The van der Waals surface area contributed by atoms with E-state index in [1.54, 1.807) is 24.3 Å². The molecular weight excluding hydrogens is 380 g/mol. The number of rotatable bonds is 6. The van der Waals surface area contributed by atoms with E-state index in [0.29, 0.717) is 23.4 Å². The lowest BCUT2D eigenvalue weighted by molar-refractivity contribution is -0.384. The molecule has 0 saturated heterocycles. The number of nitrogens with zero attached hydrogens (tertiary/aromatic N) is 1. The van der Waals surface area contributed by atoms with Crippen molar-refractivity contribution >= 4 is 46.6 Å². The molecule has 0 unspecified atom stereocenters. The Morgan fingerprint density at radius 2 is 1.89 bits per heavy atom. The number of hydrogen-bond acceptors (Lipinski definition) is 5. The zero-order valence-electron chi connectivity index (χ0n) is 15.0. The summed E-state index contributed by atoms with van der Waals surface area (Å²) in [7, 11) is 0. The van der Waals surface area contributed by atoms with E-state index in [4.69, 9.17) is 12.2 Å². The number of benzene rings is 2. The maximum atomic E-state index is 12.0. The van der Waals surface area contributed by atoms with Gasteiger partial charge in [-0.1, -0.05) is 6.07 Å². The summed E-state index contributed by atoms with van der Waals surface area (Å²) in [5.74, 6) is -0.664. The SMILES string of the molecule is CCNC(=O)c1cccc(NC(=S)NC(=O)/C=C/c2ccc([N+](=O)[O-])cc2)c1. The summed E-state index contributed by atoms with van der Waals surface area (Å²) in [6.07, 6.45) is 2.78. The number of hydrogen-bond donors (Lipinski definition) is 3. The minimum atomic E-state index is -0.495. The molecule has 0 fully saturated rings. The molecule has 8 nitrogen and oxygen atoms in total. The lowest BCUT2D eigenvalue weighted by Crippen LogP contribution is -2.33. The van der Waals surface area contributed by atoms with E-state index in [1.165, 1.54) is 36.4 Å². The summed E-state index contributed by atoms with van der Waals surface area (Å²) in [6.45, 7) is 2.35. The second-order valence-corrected chi connectivity index (χ2v) is 5.97. The highest BCUT2D eigenvalue weighted by Gasteiger charge is 2.07. The van der Waals surface area contributed by atoms with Gasteiger partial charge in [0.1, 0.15) is 0 Å². The molecule has 0 heterocycles. The van der Waals surface area contributed by atoms with Crippen LogP contribution in [0.25, 0.3) is 6.08 Å². The van der Waals surface area contributed by atoms with Crippen LogP contribution in [0.1, 0.15) is 22.8 Å². The van der Waals surface area contributed by atoms with Gasteiger partial charge in [-0.3, -0.25) is 25.0 Å². The number of anilines is 1. The molecule has 0 aliphatic heterocycles. The van der Waals surface area contributed by atoms with E-state index in [2.05, 4.69) is 16.0 Å². The van der Waals surface area contributed by atoms with Gasteiger partial charge in [0.05, 0.1) is 4.92 Å². The second-order valence-electron chi connectivity index (χ2n) is 5.57. The molecular formula is C19H18N4O4S. The van der Waals surface area contributed by atoms with Gasteiger partial charge in [0.15, 0.2) is 5.11 Å². The van der Waals surface area contributed by atoms with Crippen molar-refractivity contribution in [1.82, 2.24) is 10.6 Å².